The largest absolute Gasteiger partial charge is 0.385 e. The van der Waals surface area contributed by atoms with Gasteiger partial charge in [-0.1, -0.05) is 48.5 Å². The number of ether oxygens (including phenoxy) is 1. The van der Waals surface area contributed by atoms with E-state index in [9.17, 15) is 4.79 Å². The second kappa shape index (κ2) is 11.5. The van der Waals surface area contributed by atoms with E-state index in [2.05, 4.69) is 16.2 Å². The summed E-state index contributed by atoms with van der Waals surface area (Å²) in [6, 6.07) is 19.5. The molecule has 1 amide bonds. The Labute approximate surface area is 163 Å². The van der Waals surface area contributed by atoms with Crippen molar-refractivity contribution in [3.05, 3.63) is 66.2 Å². The highest BCUT2D eigenvalue weighted by Gasteiger charge is 2.22. The Balaban J connectivity index is 1.94. The van der Waals surface area contributed by atoms with Crippen LogP contribution < -0.4 is 16.2 Å². The molecule has 0 aliphatic carbocycles. The number of amides is 1. The molecule has 0 saturated heterocycles. The van der Waals surface area contributed by atoms with Gasteiger partial charge in [0.05, 0.1) is 0 Å². The van der Waals surface area contributed by atoms with E-state index >= 15 is 0 Å². The summed E-state index contributed by atoms with van der Waals surface area (Å²) >= 11 is 6.66. The normalized spacial score (nSPS) is 11.4. The third-order valence-electron chi connectivity index (χ3n) is 3.45. The number of thiocarbonyl (C=S) groups is 1. The predicted molar refractivity (Wildman–Crippen MR) is 110 cm³/mol. The van der Waals surface area contributed by atoms with Crippen LogP contribution in [0.25, 0.3) is 0 Å². The molecule has 0 aromatic heterocycles. The maximum Gasteiger partial charge on any atom is 0.256 e. The topological polar surface area (TPSA) is 62.4 Å². The molecule has 0 aliphatic rings. The highest BCUT2D eigenvalue weighted by atomic mass is 32.2. The summed E-state index contributed by atoms with van der Waals surface area (Å²) in [6.07, 6.45) is 0.836. The van der Waals surface area contributed by atoms with Gasteiger partial charge in [0, 0.05) is 25.2 Å². The van der Waals surface area contributed by atoms with E-state index in [1.807, 2.05) is 60.7 Å². The minimum Gasteiger partial charge on any atom is -0.385 e. The fourth-order valence-corrected chi connectivity index (χ4v) is 3.38. The zero-order valence-electron chi connectivity index (χ0n) is 14.6. The number of benzene rings is 2. The zero-order chi connectivity index (χ0) is 18.6. The van der Waals surface area contributed by atoms with Gasteiger partial charge in [0.25, 0.3) is 5.91 Å². The molecule has 2 aromatic rings. The van der Waals surface area contributed by atoms with Crippen LogP contribution >= 0.6 is 24.0 Å². The van der Waals surface area contributed by atoms with Crippen molar-refractivity contribution < 1.29 is 9.53 Å². The molecule has 3 N–H and O–H groups in total. The van der Waals surface area contributed by atoms with Gasteiger partial charge in [-0.3, -0.25) is 15.6 Å². The molecule has 0 heterocycles. The van der Waals surface area contributed by atoms with E-state index in [0.29, 0.717) is 18.3 Å². The van der Waals surface area contributed by atoms with Crippen LogP contribution in [0.4, 0.5) is 0 Å². The highest BCUT2D eigenvalue weighted by Crippen LogP contribution is 2.35. The Hall–Kier alpha value is -2.09. The summed E-state index contributed by atoms with van der Waals surface area (Å²) in [5.41, 5.74) is 6.39. The summed E-state index contributed by atoms with van der Waals surface area (Å²) in [4.78, 5) is 13.8. The molecule has 1 atom stereocenters. The summed E-state index contributed by atoms with van der Waals surface area (Å²) in [5, 5.41) is 3.01. The maximum absolute atomic E-state index is 12.7. The van der Waals surface area contributed by atoms with E-state index in [0.717, 1.165) is 16.9 Å². The van der Waals surface area contributed by atoms with Crippen LogP contribution in [0.2, 0.25) is 0 Å². The van der Waals surface area contributed by atoms with Crippen molar-refractivity contribution in [1.82, 2.24) is 16.2 Å². The minimum absolute atomic E-state index is 0.161. The summed E-state index contributed by atoms with van der Waals surface area (Å²) < 4.78 is 4.98. The molecule has 0 spiro atoms. The molecule has 0 aliphatic heterocycles. The number of rotatable bonds is 8. The van der Waals surface area contributed by atoms with Crippen molar-refractivity contribution >= 4 is 35.0 Å². The van der Waals surface area contributed by atoms with E-state index in [1.165, 1.54) is 11.8 Å². The van der Waals surface area contributed by atoms with Crippen LogP contribution in [0.1, 0.15) is 17.2 Å². The van der Waals surface area contributed by atoms with Gasteiger partial charge >= 0.3 is 0 Å². The van der Waals surface area contributed by atoms with Gasteiger partial charge in [0.2, 0.25) is 0 Å². The van der Waals surface area contributed by atoms with Crippen LogP contribution in [0.5, 0.6) is 0 Å². The molecule has 5 nitrogen and oxygen atoms in total. The Kier molecular flexibility index (Phi) is 8.95. The predicted octanol–water partition coefficient (Wildman–Crippen LogP) is 3.05. The van der Waals surface area contributed by atoms with Gasteiger partial charge in [0.1, 0.15) is 5.25 Å². The highest BCUT2D eigenvalue weighted by molar-refractivity contribution is 8.00. The third kappa shape index (κ3) is 7.03. The van der Waals surface area contributed by atoms with E-state index in [-0.39, 0.29) is 11.2 Å². The van der Waals surface area contributed by atoms with Gasteiger partial charge in [-0.15, -0.1) is 11.8 Å². The number of hydrazine groups is 1. The Morgan fingerprint density at radius 3 is 2.38 bits per heavy atom. The molecular formula is C19H23N3O2S2. The minimum atomic E-state index is -0.387. The summed E-state index contributed by atoms with van der Waals surface area (Å²) in [5.74, 6) is -0.161. The number of hydrogen-bond donors (Lipinski definition) is 3. The first-order valence-electron chi connectivity index (χ1n) is 8.30. The van der Waals surface area contributed by atoms with E-state index in [4.69, 9.17) is 17.0 Å². The van der Waals surface area contributed by atoms with Gasteiger partial charge in [-0.25, -0.2) is 0 Å². The molecule has 0 bridgehead atoms. The molecule has 7 heteroatoms. The molecule has 138 valence electrons. The molecular weight excluding hydrogens is 366 g/mol. The van der Waals surface area contributed by atoms with E-state index in [1.54, 1.807) is 7.11 Å². The molecule has 0 saturated carbocycles. The lowest BCUT2D eigenvalue weighted by atomic mass is 10.1. The lowest BCUT2D eigenvalue weighted by Crippen LogP contribution is -2.48. The average Bonchev–Trinajstić information content (AvgIpc) is 2.69. The van der Waals surface area contributed by atoms with Crippen molar-refractivity contribution in [3.63, 3.8) is 0 Å². The van der Waals surface area contributed by atoms with Crippen LogP contribution in [0, 0.1) is 0 Å². The lowest BCUT2D eigenvalue weighted by molar-refractivity contribution is -0.121. The molecule has 0 fully saturated rings. The zero-order valence-corrected chi connectivity index (χ0v) is 16.2. The Morgan fingerprint density at radius 2 is 1.73 bits per heavy atom. The number of carbonyl (C=O) groups is 1. The standard InChI is InChI=1S/C19H23N3O2S2/c1-24-14-8-13-20-19(25)22-21-18(23)17(15-9-4-2-5-10-15)26-16-11-6-3-7-12-16/h2-7,9-12,17H,8,13-14H2,1H3,(H,21,23)(H2,20,22,25)/t17-/m0/s1. The fourth-order valence-electron chi connectivity index (χ4n) is 2.18. The van der Waals surface area contributed by atoms with Gasteiger partial charge in [-0.2, -0.15) is 0 Å². The van der Waals surface area contributed by atoms with Gasteiger partial charge in [0.15, 0.2) is 5.11 Å². The smallest absolute Gasteiger partial charge is 0.256 e. The number of hydrogen-bond acceptors (Lipinski definition) is 4. The Bertz CT molecular complexity index is 684. The van der Waals surface area contributed by atoms with Gasteiger partial charge < -0.3 is 10.1 Å². The molecule has 2 rings (SSSR count). The number of thioether (sulfide) groups is 1. The second-order valence-corrected chi connectivity index (χ2v) is 7.02. The van der Waals surface area contributed by atoms with Crippen molar-refractivity contribution in [3.8, 4) is 0 Å². The number of carbonyl (C=O) groups excluding carboxylic acids is 1. The van der Waals surface area contributed by atoms with Crippen molar-refractivity contribution in [1.29, 1.82) is 0 Å². The van der Waals surface area contributed by atoms with Gasteiger partial charge in [-0.05, 0) is 36.3 Å². The number of methoxy groups -OCH3 is 1. The van der Waals surface area contributed by atoms with Crippen molar-refractivity contribution in [2.24, 2.45) is 0 Å². The fraction of sp³-hybridized carbons (Fsp3) is 0.263. The first-order valence-corrected chi connectivity index (χ1v) is 9.59. The number of nitrogens with one attached hydrogen (secondary N) is 3. The lowest BCUT2D eigenvalue weighted by Gasteiger charge is -2.18. The Morgan fingerprint density at radius 1 is 1.08 bits per heavy atom. The SMILES string of the molecule is COCCCNC(=S)NNC(=O)[C@@H](Sc1ccccc1)c1ccccc1. The molecule has 0 radical (unpaired) electrons. The second-order valence-electron chi connectivity index (χ2n) is 5.44. The van der Waals surface area contributed by atoms with Crippen LogP contribution in [0.3, 0.4) is 0 Å². The van der Waals surface area contributed by atoms with E-state index < -0.39 is 0 Å². The quantitative estimate of drug-likeness (QED) is 0.279. The molecule has 0 unspecified atom stereocenters. The maximum atomic E-state index is 12.7. The van der Waals surface area contributed by atoms with Crippen molar-refractivity contribution in [2.45, 2.75) is 16.6 Å². The first-order chi connectivity index (χ1) is 12.7. The third-order valence-corrected chi connectivity index (χ3v) is 4.96. The summed E-state index contributed by atoms with van der Waals surface area (Å²) in [7, 11) is 1.66. The van der Waals surface area contributed by atoms with Crippen LogP contribution in [-0.4, -0.2) is 31.3 Å². The molecule has 26 heavy (non-hydrogen) atoms. The molecule has 2 aromatic carbocycles. The first kappa shape index (κ1) is 20.2. The van der Waals surface area contributed by atoms with Crippen molar-refractivity contribution in [2.75, 3.05) is 20.3 Å². The van der Waals surface area contributed by atoms with Crippen LogP contribution in [-0.2, 0) is 9.53 Å². The monoisotopic (exact) mass is 389 g/mol. The summed E-state index contributed by atoms with van der Waals surface area (Å²) in [6.45, 7) is 1.34. The van der Waals surface area contributed by atoms with Crippen LogP contribution in [0.15, 0.2) is 65.6 Å². The average molecular weight is 390 g/mol.